The van der Waals surface area contributed by atoms with Crippen LogP contribution in [0.3, 0.4) is 0 Å². The summed E-state index contributed by atoms with van der Waals surface area (Å²) in [5.74, 6) is 0. The lowest BCUT2D eigenvalue weighted by Crippen LogP contribution is -1.90. The zero-order valence-electron chi connectivity index (χ0n) is 15.3. The number of aryl methyl sites for hydroxylation is 1. The average Bonchev–Trinajstić information content (AvgIpc) is 2.74. The Morgan fingerprint density at radius 3 is 1.93 bits per heavy atom. The molecule has 3 aromatic carbocycles. The van der Waals surface area contributed by atoms with Gasteiger partial charge in [-0.05, 0) is 24.1 Å². The summed E-state index contributed by atoms with van der Waals surface area (Å²) in [7, 11) is 0. The van der Waals surface area contributed by atoms with E-state index < -0.39 is 0 Å². The highest BCUT2D eigenvalue weighted by molar-refractivity contribution is 5.81. The van der Waals surface area contributed by atoms with Gasteiger partial charge in [0.05, 0.1) is 5.69 Å². The van der Waals surface area contributed by atoms with Crippen molar-refractivity contribution in [2.75, 3.05) is 0 Å². The fourth-order valence-electron chi connectivity index (χ4n) is 3.10. The SMILES string of the molecule is Cc1ccc(/C=C/c2cc(-c3ccccc3)cnc2-c2ccccc2)cc1. The lowest BCUT2D eigenvalue weighted by molar-refractivity contribution is 1.31. The van der Waals surface area contributed by atoms with Crippen LogP contribution in [0.25, 0.3) is 34.5 Å². The highest BCUT2D eigenvalue weighted by atomic mass is 14.7. The van der Waals surface area contributed by atoms with Crippen LogP contribution in [0.2, 0.25) is 0 Å². The molecule has 0 amide bonds. The van der Waals surface area contributed by atoms with Gasteiger partial charge in [-0.1, -0.05) is 103 Å². The lowest BCUT2D eigenvalue weighted by Gasteiger charge is -2.09. The van der Waals surface area contributed by atoms with Gasteiger partial charge in [-0.2, -0.15) is 0 Å². The molecule has 4 aromatic rings. The van der Waals surface area contributed by atoms with Crippen molar-refractivity contribution in [2.45, 2.75) is 6.92 Å². The van der Waals surface area contributed by atoms with Crippen LogP contribution in [0, 0.1) is 6.92 Å². The van der Waals surface area contributed by atoms with Crippen molar-refractivity contribution in [2.24, 2.45) is 0 Å². The molecule has 0 atom stereocenters. The Labute approximate surface area is 160 Å². The number of nitrogens with zero attached hydrogens (tertiary/aromatic N) is 1. The molecule has 0 aliphatic rings. The first-order valence-corrected chi connectivity index (χ1v) is 9.15. The second kappa shape index (κ2) is 7.84. The Balaban J connectivity index is 1.79. The monoisotopic (exact) mass is 347 g/mol. The van der Waals surface area contributed by atoms with Gasteiger partial charge >= 0.3 is 0 Å². The van der Waals surface area contributed by atoms with E-state index in [1.807, 2.05) is 18.3 Å². The second-order valence-corrected chi connectivity index (χ2v) is 6.64. The topological polar surface area (TPSA) is 12.9 Å². The first kappa shape index (κ1) is 17.0. The number of aromatic nitrogens is 1. The van der Waals surface area contributed by atoms with Crippen LogP contribution >= 0.6 is 0 Å². The van der Waals surface area contributed by atoms with Crippen molar-refractivity contribution in [1.82, 2.24) is 4.98 Å². The molecule has 1 heterocycles. The maximum atomic E-state index is 4.80. The minimum absolute atomic E-state index is 0.999. The molecule has 0 fully saturated rings. The predicted octanol–water partition coefficient (Wildman–Crippen LogP) is 6.89. The highest BCUT2D eigenvalue weighted by Gasteiger charge is 2.07. The zero-order chi connectivity index (χ0) is 18.5. The Kier molecular flexibility index (Phi) is 4.93. The van der Waals surface area contributed by atoms with Crippen LogP contribution in [0.15, 0.2) is 97.2 Å². The number of rotatable bonds is 4. The molecule has 0 spiro atoms. The molecule has 130 valence electrons. The van der Waals surface area contributed by atoms with E-state index in [1.165, 1.54) is 16.7 Å². The molecule has 0 saturated heterocycles. The Morgan fingerprint density at radius 1 is 0.630 bits per heavy atom. The summed E-state index contributed by atoms with van der Waals surface area (Å²) in [6.45, 7) is 2.11. The summed E-state index contributed by atoms with van der Waals surface area (Å²) < 4.78 is 0. The van der Waals surface area contributed by atoms with Gasteiger partial charge in [0.2, 0.25) is 0 Å². The van der Waals surface area contributed by atoms with Crippen molar-refractivity contribution in [3.63, 3.8) is 0 Å². The van der Waals surface area contributed by atoms with Gasteiger partial charge in [-0.25, -0.2) is 0 Å². The molecule has 1 heteroatoms. The average molecular weight is 347 g/mol. The van der Waals surface area contributed by atoms with Crippen LogP contribution in [0.1, 0.15) is 16.7 Å². The Morgan fingerprint density at radius 2 is 1.26 bits per heavy atom. The van der Waals surface area contributed by atoms with E-state index in [1.54, 1.807) is 0 Å². The predicted molar refractivity (Wildman–Crippen MR) is 115 cm³/mol. The molecule has 0 unspecified atom stereocenters. The Bertz CT molecular complexity index is 1050. The van der Waals surface area contributed by atoms with Crippen molar-refractivity contribution in [3.8, 4) is 22.4 Å². The van der Waals surface area contributed by atoms with Crippen LogP contribution in [0.4, 0.5) is 0 Å². The molecule has 4 rings (SSSR count). The van der Waals surface area contributed by atoms with E-state index in [9.17, 15) is 0 Å². The summed E-state index contributed by atoms with van der Waals surface area (Å²) in [4.78, 5) is 4.80. The minimum Gasteiger partial charge on any atom is -0.255 e. The van der Waals surface area contributed by atoms with Crippen molar-refractivity contribution < 1.29 is 0 Å². The van der Waals surface area contributed by atoms with Crippen molar-refractivity contribution >= 4 is 12.2 Å². The van der Waals surface area contributed by atoms with E-state index in [2.05, 4.69) is 97.9 Å². The maximum Gasteiger partial charge on any atom is 0.0774 e. The fraction of sp³-hybridized carbons (Fsp3) is 0.0385. The first-order valence-electron chi connectivity index (χ1n) is 9.15. The van der Waals surface area contributed by atoms with Crippen LogP contribution < -0.4 is 0 Å². The summed E-state index contributed by atoms with van der Waals surface area (Å²) in [6, 6.07) is 31.5. The molecule has 0 bridgehead atoms. The fourth-order valence-corrected chi connectivity index (χ4v) is 3.10. The minimum atomic E-state index is 0.999. The van der Waals surface area contributed by atoms with Crippen LogP contribution in [0.5, 0.6) is 0 Å². The number of hydrogen-bond acceptors (Lipinski definition) is 1. The molecule has 1 nitrogen and oxygen atoms in total. The van der Waals surface area contributed by atoms with Gasteiger partial charge in [-0.3, -0.25) is 4.98 Å². The van der Waals surface area contributed by atoms with Crippen molar-refractivity contribution in [1.29, 1.82) is 0 Å². The molecule has 0 aliphatic carbocycles. The normalized spacial score (nSPS) is 11.0. The molecule has 1 aromatic heterocycles. The highest BCUT2D eigenvalue weighted by Crippen LogP contribution is 2.28. The molecule has 27 heavy (non-hydrogen) atoms. The first-order chi connectivity index (χ1) is 13.3. The number of benzene rings is 3. The third kappa shape index (κ3) is 4.04. The van der Waals surface area contributed by atoms with Crippen LogP contribution in [-0.4, -0.2) is 4.98 Å². The molecule has 0 radical (unpaired) electrons. The standard InChI is InChI=1S/C26H21N/c1-20-12-14-21(15-13-20)16-17-24-18-25(22-8-4-2-5-9-22)19-27-26(24)23-10-6-3-7-11-23/h2-19H,1H3/b17-16+. The molecule has 0 N–H and O–H groups in total. The quantitative estimate of drug-likeness (QED) is 0.391. The molecule has 0 saturated carbocycles. The van der Waals surface area contributed by atoms with Gasteiger partial charge < -0.3 is 0 Å². The smallest absolute Gasteiger partial charge is 0.0774 e. The number of hydrogen-bond donors (Lipinski definition) is 0. The second-order valence-electron chi connectivity index (χ2n) is 6.64. The zero-order valence-corrected chi connectivity index (χ0v) is 15.3. The van der Waals surface area contributed by atoms with Gasteiger partial charge in [0, 0.05) is 22.9 Å². The maximum absolute atomic E-state index is 4.80. The largest absolute Gasteiger partial charge is 0.255 e. The summed E-state index contributed by atoms with van der Waals surface area (Å²) >= 11 is 0. The molecular formula is C26H21N. The third-order valence-electron chi connectivity index (χ3n) is 4.60. The summed E-state index contributed by atoms with van der Waals surface area (Å²) in [5.41, 5.74) is 7.99. The van der Waals surface area contributed by atoms with Crippen molar-refractivity contribution in [3.05, 3.63) is 114 Å². The van der Waals surface area contributed by atoms with Crippen LogP contribution in [-0.2, 0) is 0 Å². The van der Waals surface area contributed by atoms with E-state index >= 15 is 0 Å². The lowest BCUT2D eigenvalue weighted by atomic mass is 10.00. The van der Waals surface area contributed by atoms with E-state index in [0.717, 1.165) is 22.4 Å². The third-order valence-corrected chi connectivity index (χ3v) is 4.60. The van der Waals surface area contributed by atoms with E-state index in [-0.39, 0.29) is 0 Å². The summed E-state index contributed by atoms with van der Waals surface area (Å²) in [5, 5.41) is 0. The number of pyridine rings is 1. The molecular weight excluding hydrogens is 326 g/mol. The van der Waals surface area contributed by atoms with Gasteiger partial charge in [-0.15, -0.1) is 0 Å². The van der Waals surface area contributed by atoms with Gasteiger partial charge in [0.15, 0.2) is 0 Å². The Hall–Kier alpha value is -3.45. The van der Waals surface area contributed by atoms with Gasteiger partial charge in [0.25, 0.3) is 0 Å². The van der Waals surface area contributed by atoms with Gasteiger partial charge in [0.1, 0.15) is 0 Å². The van der Waals surface area contributed by atoms with E-state index in [0.29, 0.717) is 0 Å². The van der Waals surface area contributed by atoms with E-state index in [4.69, 9.17) is 4.98 Å². The molecule has 0 aliphatic heterocycles. The summed E-state index contributed by atoms with van der Waals surface area (Å²) in [6.07, 6.45) is 6.27.